The maximum Gasteiger partial charge on any atom is 0.227 e. The van der Waals surface area contributed by atoms with Crippen LogP contribution in [0.2, 0.25) is 5.02 Å². The summed E-state index contributed by atoms with van der Waals surface area (Å²) in [5.41, 5.74) is 1.68. The Labute approximate surface area is 167 Å². The van der Waals surface area contributed by atoms with Crippen molar-refractivity contribution in [2.75, 3.05) is 16.8 Å². The number of amides is 2. The van der Waals surface area contributed by atoms with Crippen molar-refractivity contribution in [2.24, 2.45) is 5.41 Å². The molecule has 1 aromatic heterocycles. The molecule has 144 valence electrons. The minimum absolute atomic E-state index is 0.0356. The highest BCUT2D eigenvalue weighted by atomic mass is 35.5. The number of aromatic nitrogens is 2. The summed E-state index contributed by atoms with van der Waals surface area (Å²) >= 11 is 7.52. The van der Waals surface area contributed by atoms with Gasteiger partial charge in [0.1, 0.15) is 5.01 Å². The predicted molar refractivity (Wildman–Crippen MR) is 109 cm³/mol. The van der Waals surface area contributed by atoms with Gasteiger partial charge in [0.2, 0.25) is 16.9 Å². The zero-order chi connectivity index (χ0) is 19.8. The van der Waals surface area contributed by atoms with Crippen molar-refractivity contribution in [1.29, 1.82) is 0 Å². The normalized spacial score (nSPS) is 17.4. The number of aryl methyl sites for hydroxylation is 1. The molecule has 0 radical (unpaired) electrons. The molecule has 1 N–H and O–H groups in total. The summed E-state index contributed by atoms with van der Waals surface area (Å²) < 4.78 is 0. The maximum atomic E-state index is 12.5. The first-order chi connectivity index (χ1) is 12.6. The lowest BCUT2D eigenvalue weighted by Crippen LogP contribution is -2.24. The molecule has 1 atom stereocenters. The van der Waals surface area contributed by atoms with E-state index >= 15 is 0 Å². The molecular weight excluding hydrogens is 384 g/mol. The molecule has 27 heavy (non-hydrogen) atoms. The summed E-state index contributed by atoms with van der Waals surface area (Å²) in [5, 5.41) is 12.9. The fraction of sp³-hybridized carbons (Fsp3) is 0.474. The van der Waals surface area contributed by atoms with Crippen LogP contribution in [0, 0.1) is 12.3 Å². The highest BCUT2D eigenvalue weighted by molar-refractivity contribution is 7.15. The van der Waals surface area contributed by atoms with Crippen LogP contribution in [0.1, 0.15) is 50.1 Å². The van der Waals surface area contributed by atoms with Crippen LogP contribution >= 0.6 is 22.9 Å². The molecule has 1 fully saturated rings. The van der Waals surface area contributed by atoms with Gasteiger partial charge >= 0.3 is 0 Å². The van der Waals surface area contributed by atoms with Crippen LogP contribution in [-0.2, 0) is 9.59 Å². The van der Waals surface area contributed by atoms with Crippen molar-refractivity contribution in [3.05, 3.63) is 33.8 Å². The number of hydrogen-bond donors (Lipinski definition) is 1. The van der Waals surface area contributed by atoms with E-state index in [1.54, 1.807) is 4.90 Å². The Morgan fingerprint density at radius 1 is 1.37 bits per heavy atom. The van der Waals surface area contributed by atoms with Crippen LogP contribution < -0.4 is 10.2 Å². The highest BCUT2D eigenvalue weighted by Gasteiger charge is 2.34. The van der Waals surface area contributed by atoms with Crippen molar-refractivity contribution in [2.45, 2.75) is 46.5 Å². The van der Waals surface area contributed by atoms with Gasteiger partial charge in [0.05, 0.1) is 0 Å². The first-order valence-corrected chi connectivity index (χ1v) is 10.0. The molecule has 1 saturated heterocycles. The van der Waals surface area contributed by atoms with Gasteiger partial charge in [-0.1, -0.05) is 49.8 Å². The van der Waals surface area contributed by atoms with E-state index in [1.807, 2.05) is 45.9 Å². The molecule has 2 aromatic rings. The maximum absolute atomic E-state index is 12.5. The summed E-state index contributed by atoms with van der Waals surface area (Å²) in [6.45, 7) is 8.48. The van der Waals surface area contributed by atoms with E-state index in [0.717, 1.165) is 16.3 Å². The van der Waals surface area contributed by atoms with Crippen molar-refractivity contribution in [1.82, 2.24) is 10.2 Å². The molecule has 1 aliphatic rings. The number of nitrogens with one attached hydrogen (secondary N) is 1. The molecule has 2 amide bonds. The van der Waals surface area contributed by atoms with Crippen molar-refractivity contribution < 1.29 is 9.59 Å². The molecule has 0 saturated carbocycles. The van der Waals surface area contributed by atoms with Crippen LogP contribution in [-0.4, -0.2) is 28.6 Å². The van der Waals surface area contributed by atoms with Gasteiger partial charge in [0.15, 0.2) is 0 Å². The van der Waals surface area contributed by atoms with E-state index in [4.69, 9.17) is 11.6 Å². The largest absolute Gasteiger partial charge is 0.312 e. The second-order valence-electron chi connectivity index (χ2n) is 8.07. The lowest BCUT2D eigenvalue weighted by molar-refractivity contribution is -0.118. The lowest BCUT2D eigenvalue weighted by atomic mass is 9.92. The average Bonchev–Trinajstić information content (AvgIpc) is 3.15. The number of carbonyl (C=O) groups is 2. The third-order valence-electron chi connectivity index (χ3n) is 4.32. The van der Waals surface area contributed by atoms with E-state index < -0.39 is 0 Å². The fourth-order valence-corrected chi connectivity index (χ4v) is 3.99. The molecular formula is C19H23ClN4O2S. The first kappa shape index (κ1) is 19.8. The molecule has 1 aromatic carbocycles. The molecule has 0 bridgehead atoms. The summed E-state index contributed by atoms with van der Waals surface area (Å²) in [5.74, 6) is -0.0830. The van der Waals surface area contributed by atoms with E-state index in [1.165, 1.54) is 11.3 Å². The van der Waals surface area contributed by atoms with Gasteiger partial charge in [0.25, 0.3) is 0 Å². The Kier molecular flexibility index (Phi) is 5.53. The van der Waals surface area contributed by atoms with Crippen molar-refractivity contribution in [3.8, 4) is 0 Å². The van der Waals surface area contributed by atoms with E-state index in [9.17, 15) is 9.59 Å². The first-order valence-electron chi connectivity index (χ1n) is 8.82. The number of halogens is 1. The Morgan fingerprint density at radius 2 is 2.11 bits per heavy atom. The van der Waals surface area contributed by atoms with Crippen LogP contribution in [0.4, 0.5) is 10.8 Å². The molecule has 0 spiro atoms. The third kappa shape index (κ3) is 4.84. The SMILES string of the molecule is Cc1ccc(N2C[C@H](c3nnc(NC(=O)CC(C)(C)C)s3)CC2=O)cc1Cl. The summed E-state index contributed by atoms with van der Waals surface area (Å²) in [6.07, 6.45) is 0.780. The van der Waals surface area contributed by atoms with Crippen molar-refractivity contribution >= 4 is 45.6 Å². The number of rotatable bonds is 4. The monoisotopic (exact) mass is 406 g/mol. The smallest absolute Gasteiger partial charge is 0.227 e. The number of carbonyl (C=O) groups excluding carboxylic acids is 2. The third-order valence-corrected chi connectivity index (χ3v) is 5.73. The van der Waals surface area contributed by atoms with Crippen LogP contribution in [0.5, 0.6) is 0 Å². The van der Waals surface area contributed by atoms with E-state index in [2.05, 4.69) is 15.5 Å². The summed E-state index contributed by atoms with van der Waals surface area (Å²) in [7, 11) is 0. The lowest BCUT2D eigenvalue weighted by Gasteiger charge is -2.17. The molecule has 6 nitrogen and oxygen atoms in total. The van der Waals surface area contributed by atoms with Crippen LogP contribution in [0.15, 0.2) is 18.2 Å². The van der Waals surface area contributed by atoms with Crippen LogP contribution in [0.25, 0.3) is 0 Å². The fourth-order valence-electron chi connectivity index (χ4n) is 2.97. The Hall–Kier alpha value is -1.99. The molecule has 2 heterocycles. The standard InChI is InChI=1S/C19H23ClN4O2S/c1-11-5-6-13(8-14(11)20)24-10-12(7-16(24)26)17-22-23-18(27-17)21-15(25)9-19(2,3)4/h5-6,8,12H,7,9-10H2,1-4H3,(H,21,23,25)/t12-/m1/s1. The minimum Gasteiger partial charge on any atom is -0.312 e. The highest BCUT2D eigenvalue weighted by Crippen LogP contribution is 2.35. The second kappa shape index (κ2) is 7.56. The molecule has 8 heteroatoms. The number of anilines is 2. The van der Waals surface area contributed by atoms with E-state index in [0.29, 0.717) is 29.5 Å². The minimum atomic E-state index is -0.0920. The van der Waals surface area contributed by atoms with Gasteiger partial charge in [-0.3, -0.25) is 9.59 Å². The second-order valence-corrected chi connectivity index (χ2v) is 9.49. The summed E-state index contributed by atoms with van der Waals surface area (Å²) in [6, 6.07) is 5.63. The van der Waals surface area contributed by atoms with Crippen LogP contribution in [0.3, 0.4) is 0 Å². The van der Waals surface area contributed by atoms with Gasteiger partial charge in [-0.2, -0.15) is 0 Å². The topological polar surface area (TPSA) is 75.2 Å². The molecule has 1 aliphatic heterocycles. The summed E-state index contributed by atoms with van der Waals surface area (Å²) in [4.78, 5) is 26.3. The number of nitrogens with zero attached hydrogens (tertiary/aromatic N) is 3. The quantitative estimate of drug-likeness (QED) is 0.816. The predicted octanol–water partition coefficient (Wildman–Crippen LogP) is 4.40. The van der Waals surface area contributed by atoms with Gasteiger partial charge in [-0.25, -0.2) is 0 Å². The Balaban J connectivity index is 1.68. The Morgan fingerprint density at radius 3 is 2.78 bits per heavy atom. The van der Waals surface area contributed by atoms with Crippen molar-refractivity contribution in [3.63, 3.8) is 0 Å². The Bertz CT molecular complexity index is 875. The van der Waals surface area contributed by atoms with Gasteiger partial charge in [-0.15, -0.1) is 10.2 Å². The van der Waals surface area contributed by atoms with Gasteiger partial charge < -0.3 is 10.2 Å². The molecule has 0 unspecified atom stereocenters. The molecule has 3 rings (SSSR count). The number of benzene rings is 1. The average molecular weight is 407 g/mol. The number of hydrogen-bond acceptors (Lipinski definition) is 5. The molecule has 0 aliphatic carbocycles. The zero-order valence-corrected chi connectivity index (χ0v) is 17.4. The van der Waals surface area contributed by atoms with Gasteiger partial charge in [0, 0.05) is 36.0 Å². The van der Waals surface area contributed by atoms with Gasteiger partial charge in [-0.05, 0) is 30.0 Å². The van der Waals surface area contributed by atoms with E-state index in [-0.39, 0.29) is 23.1 Å². The zero-order valence-electron chi connectivity index (χ0n) is 15.9.